The van der Waals surface area contributed by atoms with Crippen molar-refractivity contribution in [2.75, 3.05) is 6.54 Å². The van der Waals surface area contributed by atoms with Crippen LogP contribution >= 0.6 is 0 Å². The summed E-state index contributed by atoms with van der Waals surface area (Å²) in [5.74, 6) is -1.14. The molecule has 0 saturated carbocycles. The molecule has 0 aliphatic carbocycles. The Balaban J connectivity index is 2.57. The number of aliphatic carboxylic acids is 1. The van der Waals surface area contributed by atoms with Gasteiger partial charge >= 0.3 is 5.97 Å². The van der Waals surface area contributed by atoms with Gasteiger partial charge in [-0.3, -0.25) is 10.1 Å². The number of carboxylic acid groups (broad SMARTS) is 1. The van der Waals surface area contributed by atoms with Gasteiger partial charge < -0.3 is 15.3 Å². The van der Waals surface area contributed by atoms with Gasteiger partial charge in [-0.1, -0.05) is 0 Å². The number of carbonyl (C=O) groups is 1. The number of aliphatic hydroxyl groups excluding tert-OH is 2. The van der Waals surface area contributed by atoms with Crippen LogP contribution in [0.5, 0.6) is 0 Å². The van der Waals surface area contributed by atoms with E-state index in [1.165, 1.54) is 0 Å². The van der Waals surface area contributed by atoms with Crippen molar-refractivity contribution < 1.29 is 20.1 Å². The molecule has 4 N–H and O–H groups in total. The third-order valence-electron chi connectivity index (χ3n) is 1.55. The van der Waals surface area contributed by atoms with Crippen molar-refractivity contribution in [3.63, 3.8) is 0 Å². The van der Waals surface area contributed by atoms with Crippen molar-refractivity contribution in [3.05, 3.63) is 0 Å². The molecule has 0 amide bonds. The molecular formula is C5H9NO4. The van der Waals surface area contributed by atoms with Gasteiger partial charge in [0.1, 0.15) is 12.1 Å². The molecule has 0 bridgehead atoms. The van der Waals surface area contributed by atoms with Crippen LogP contribution in [0.1, 0.15) is 0 Å². The maximum Gasteiger partial charge on any atom is 0.323 e. The Morgan fingerprint density at radius 1 is 1.50 bits per heavy atom. The largest absolute Gasteiger partial charge is 0.480 e. The molecule has 1 aliphatic rings. The van der Waals surface area contributed by atoms with Gasteiger partial charge in [0.25, 0.3) is 0 Å². The van der Waals surface area contributed by atoms with E-state index in [0.717, 1.165) is 0 Å². The number of rotatable bonds is 1. The molecule has 1 saturated heterocycles. The van der Waals surface area contributed by atoms with Crippen molar-refractivity contribution >= 4 is 5.97 Å². The molecule has 1 heterocycles. The Hall–Kier alpha value is -0.650. The van der Waals surface area contributed by atoms with E-state index in [0.29, 0.717) is 0 Å². The number of nitrogens with one attached hydrogen (secondary N) is 1. The van der Waals surface area contributed by atoms with E-state index in [9.17, 15) is 4.79 Å². The lowest BCUT2D eigenvalue weighted by Gasteiger charge is -2.09. The summed E-state index contributed by atoms with van der Waals surface area (Å²) < 4.78 is 0. The number of hydrogen-bond donors (Lipinski definition) is 4. The minimum Gasteiger partial charge on any atom is -0.480 e. The lowest BCUT2D eigenvalue weighted by molar-refractivity contribution is -0.142. The zero-order valence-corrected chi connectivity index (χ0v) is 5.19. The summed E-state index contributed by atoms with van der Waals surface area (Å²) in [6, 6.07) is -1.02. The van der Waals surface area contributed by atoms with Crippen LogP contribution in [0.4, 0.5) is 0 Å². The van der Waals surface area contributed by atoms with Crippen LogP contribution in [0.2, 0.25) is 0 Å². The standard InChI is InChI=1S/C5H9NO4/c7-2-1-6-3(4(2)8)5(9)10/h2-4,6-8H,1H2,(H,9,10)/t2-,3-,4-/m1/s1. The lowest BCUT2D eigenvalue weighted by Crippen LogP contribution is -2.39. The fraction of sp³-hybridized carbons (Fsp3) is 0.800. The Morgan fingerprint density at radius 3 is 2.30 bits per heavy atom. The lowest BCUT2D eigenvalue weighted by atomic mass is 10.1. The third kappa shape index (κ3) is 1.11. The Kier molecular flexibility index (Phi) is 1.89. The SMILES string of the molecule is O=C(O)[C@@H]1NC[C@@H](O)[C@H]1O. The normalized spacial score (nSPS) is 40.0. The molecule has 0 radical (unpaired) electrons. The maximum absolute atomic E-state index is 10.2. The topological polar surface area (TPSA) is 89.8 Å². The van der Waals surface area contributed by atoms with Gasteiger partial charge in [-0.15, -0.1) is 0 Å². The molecule has 3 atom stereocenters. The Bertz CT molecular complexity index is 149. The van der Waals surface area contributed by atoms with Crippen LogP contribution in [-0.2, 0) is 4.79 Å². The van der Waals surface area contributed by atoms with Crippen LogP contribution in [-0.4, -0.2) is 46.1 Å². The summed E-state index contributed by atoms with van der Waals surface area (Å²) in [5.41, 5.74) is 0. The fourth-order valence-corrected chi connectivity index (χ4v) is 0.945. The highest BCUT2D eigenvalue weighted by atomic mass is 16.4. The highest BCUT2D eigenvalue weighted by molar-refractivity contribution is 5.74. The molecule has 10 heavy (non-hydrogen) atoms. The van der Waals surface area contributed by atoms with Gasteiger partial charge in [-0.25, -0.2) is 0 Å². The molecule has 0 unspecified atom stereocenters. The smallest absolute Gasteiger partial charge is 0.323 e. The summed E-state index contributed by atoms with van der Waals surface area (Å²) in [6.07, 6.45) is -2.14. The first-order chi connectivity index (χ1) is 4.63. The Labute approximate surface area is 57.3 Å². The van der Waals surface area contributed by atoms with E-state index in [1.54, 1.807) is 0 Å². The second-order valence-corrected chi connectivity index (χ2v) is 2.28. The summed E-state index contributed by atoms with van der Waals surface area (Å²) >= 11 is 0. The van der Waals surface area contributed by atoms with E-state index in [1.807, 2.05) is 0 Å². The van der Waals surface area contributed by atoms with Crippen LogP contribution in [0.15, 0.2) is 0 Å². The highest BCUT2D eigenvalue weighted by Gasteiger charge is 2.37. The van der Waals surface area contributed by atoms with Gasteiger partial charge in [-0.2, -0.15) is 0 Å². The molecular weight excluding hydrogens is 138 g/mol. The van der Waals surface area contributed by atoms with Crippen molar-refractivity contribution in [3.8, 4) is 0 Å². The first-order valence-electron chi connectivity index (χ1n) is 2.95. The van der Waals surface area contributed by atoms with Gasteiger partial charge in [0.05, 0.1) is 6.10 Å². The van der Waals surface area contributed by atoms with Crippen LogP contribution in [0.3, 0.4) is 0 Å². The first kappa shape index (κ1) is 7.46. The number of carboxylic acids is 1. The number of aliphatic hydroxyl groups is 2. The summed E-state index contributed by atoms with van der Waals surface area (Å²) in [7, 11) is 0. The predicted octanol–water partition coefficient (Wildman–Crippen LogP) is -2.24. The maximum atomic E-state index is 10.2. The van der Waals surface area contributed by atoms with Crippen LogP contribution in [0.25, 0.3) is 0 Å². The molecule has 1 rings (SSSR count). The summed E-state index contributed by atoms with van der Waals surface area (Å²) in [6.45, 7) is 0.137. The first-order valence-corrected chi connectivity index (χ1v) is 2.95. The van der Waals surface area contributed by atoms with Gasteiger partial charge in [0, 0.05) is 6.54 Å². The Morgan fingerprint density at radius 2 is 2.10 bits per heavy atom. The van der Waals surface area contributed by atoms with E-state index < -0.39 is 24.2 Å². The number of β-amino-alcohol motifs (C(OH)–C–C–N with tert-alkyl or cyclic N) is 1. The van der Waals surface area contributed by atoms with Crippen LogP contribution in [0, 0.1) is 0 Å². The molecule has 1 aliphatic heterocycles. The van der Waals surface area contributed by atoms with E-state index >= 15 is 0 Å². The molecule has 1 fully saturated rings. The molecule has 0 aromatic heterocycles. The quantitative estimate of drug-likeness (QED) is 0.337. The van der Waals surface area contributed by atoms with Crippen molar-refractivity contribution in [2.45, 2.75) is 18.2 Å². The monoisotopic (exact) mass is 147 g/mol. The number of hydrogen-bond acceptors (Lipinski definition) is 4. The second kappa shape index (κ2) is 2.53. The summed E-state index contributed by atoms with van der Waals surface area (Å²) in [5, 5.41) is 28.6. The van der Waals surface area contributed by atoms with Crippen molar-refractivity contribution in [1.82, 2.24) is 5.32 Å². The predicted molar refractivity (Wildman–Crippen MR) is 31.4 cm³/mol. The third-order valence-corrected chi connectivity index (χ3v) is 1.55. The highest BCUT2D eigenvalue weighted by Crippen LogP contribution is 2.06. The van der Waals surface area contributed by atoms with E-state index in [4.69, 9.17) is 15.3 Å². The molecule has 58 valence electrons. The average Bonchev–Trinajstić information content (AvgIpc) is 2.14. The van der Waals surface area contributed by atoms with Crippen molar-refractivity contribution in [1.29, 1.82) is 0 Å². The van der Waals surface area contributed by atoms with Gasteiger partial charge in [-0.05, 0) is 0 Å². The second-order valence-electron chi connectivity index (χ2n) is 2.28. The zero-order chi connectivity index (χ0) is 7.72. The average molecular weight is 147 g/mol. The van der Waals surface area contributed by atoms with Gasteiger partial charge in [0.2, 0.25) is 0 Å². The molecule has 0 aromatic rings. The van der Waals surface area contributed by atoms with Crippen LogP contribution < -0.4 is 5.32 Å². The molecule has 0 spiro atoms. The fourth-order valence-electron chi connectivity index (χ4n) is 0.945. The van der Waals surface area contributed by atoms with E-state index in [2.05, 4.69) is 5.32 Å². The van der Waals surface area contributed by atoms with Gasteiger partial charge in [0.15, 0.2) is 0 Å². The van der Waals surface area contributed by atoms with E-state index in [-0.39, 0.29) is 6.54 Å². The molecule has 5 heteroatoms. The summed E-state index contributed by atoms with van der Waals surface area (Å²) in [4.78, 5) is 10.2. The van der Waals surface area contributed by atoms with Crippen molar-refractivity contribution in [2.24, 2.45) is 0 Å². The minimum absolute atomic E-state index is 0.137. The minimum atomic E-state index is -1.18. The molecule has 5 nitrogen and oxygen atoms in total. The zero-order valence-electron chi connectivity index (χ0n) is 5.19. The molecule has 0 aromatic carbocycles.